The maximum Gasteiger partial charge on any atom is 0.260 e. The first-order valence-corrected chi connectivity index (χ1v) is 9.44. The molecule has 0 aromatic heterocycles. The van der Waals surface area contributed by atoms with Crippen LogP contribution in [0.5, 0.6) is 5.75 Å². The van der Waals surface area contributed by atoms with Crippen molar-refractivity contribution in [3.8, 4) is 5.75 Å². The van der Waals surface area contributed by atoms with Crippen molar-refractivity contribution >= 4 is 5.91 Å². The maximum atomic E-state index is 12.4. The van der Waals surface area contributed by atoms with Crippen LogP contribution in [-0.2, 0) is 4.79 Å². The Bertz CT molecular complexity index is 513. The number of hydrogen-bond acceptors (Lipinski definition) is 3. The van der Waals surface area contributed by atoms with E-state index < -0.39 is 0 Å². The minimum Gasteiger partial charge on any atom is -0.484 e. The van der Waals surface area contributed by atoms with Crippen LogP contribution in [0.25, 0.3) is 0 Å². The van der Waals surface area contributed by atoms with Gasteiger partial charge in [0.15, 0.2) is 6.61 Å². The Kier molecular flexibility index (Phi) is 6.13. The van der Waals surface area contributed by atoms with Gasteiger partial charge in [-0.05, 0) is 31.9 Å². The van der Waals surface area contributed by atoms with Crippen LogP contribution in [0.1, 0.15) is 44.1 Å². The fourth-order valence-electron chi connectivity index (χ4n) is 3.83. The molecule has 1 amide bonds. The fourth-order valence-corrected chi connectivity index (χ4v) is 3.83. The molecule has 0 bridgehead atoms. The van der Waals surface area contributed by atoms with Gasteiger partial charge in [0.05, 0.1) is 0 Å². The molecule has 4 nitrogen and oxygen atoms in total. The van der Waals surface area contributed by atoms with Crippen molar-refractivity contribution in [2.24, 2.45) is 0 Å². The summed E-state index contributed by atoms with van der Waals surface area (Å²) in [5, 5.41) is 0. The molecule has 0 N–H and O–H groups in total. The van der Waals surface area contributed by atoms with Gasteiger partial charge in [0.2, 0.25) is 0 Å². The number of carbonyl (C=O) groups is 1. The third-order valence-electron chi connectivity index (χ3n) is 5.39. The lowest BCUT2D eigenvalue weighted by Crippen LogP contribution is -2.52. The van der Waals surface area contributed by atoms with E-state index in [2.05, 4.69) is 4.90 Å². The first-order chi connectivity index (χ1) is 11.7. The van der Waals surface area contributed by atoms with Crippen molar-refractivity contribution in [2.75, 3.05) is 32.8 Å². The molecule has 132 valence electrons. The second-order valence-electron chi connectivity index (χ2n) is 7.16. The van der Waals surface area contributed by atoms with E-state index in [1.165, 1.54) is 44.1 Å². The molecule has 0 unspecified atom stereocenters. The van der Waals surface area contributed by atoms with E-state index >= 15 is 0 Å². The number of benzene rings is 1. The average Bonchev–Trinajstić information content (AvgIpc) is 2.90. The van der Waals surface area contributed by atoms with Crippen LogP contribution >= 0.6 is 0 Å². The van der Waals surface area contributed by atoms with E-state index in [0.717, 1.165) is 38.0 Å². The van der Waals surface area contributed by atoms with Crippen LogP contribution < -0.4 is 4.74 Å². The first kappa shape index (κ1) is 17.3. The number of piperazine rings is 1. The van der Waals surface area contributed by atoms with Gasteiger partial charge in [-0.2, -0.15) is 0 Å². The zero-order valence-electron chi connectivity index (χ0n) is 14.9. The van der Waals surface area contributed by atoms with Gasteiger partial charge in [0, 0.05) is 32.2 Å². The monoisotopic (exact) mass is 330 g/mol. The number of amides is 1. The van der Waals surface area contributed by atoms with Crippen LogP contribution in [0.15, 0.2) is 24.3 Å². The van der Waals surface area contributed by atoms with Gasteiger partial charge >= 0.3 is 0 Å². The smallest absolute Gasteiger partial charge is 0.260 e. The molecule has 0 radical (unpaired) electrons. The van der Waals surface area contributed by atoms with E-state index in [4.69, 9.17) is 4.74 Å². The standard InChI is InChI=1S/C20H30N2O2/c1-17-8-10-19(11-9-17)24-16-20(23)22-14-12-21(13-15-22)18-6-4-2-3-5-7-18/h8-11,18H,2-7,12-16H2,1H3. The van der Waals surface area contributed by atoms with Gasteiger partial charge in [-0.25, -0.2) is 0 Å². The van der Waals surface area contributed by atoms with Crippen LogP contribution in [0.2, 0.25) is 0 Å². The summed E-state index contributed by atoms with van der Waals surface area (Å²) in [6.07, 6.45) is 8.20. The third kappa shape index (κ3) is 4.73. The van der Waals surface area contributed by atoms with E-state index in [1.54, 1.807) is 0 Å². The molecule has 1 aliphatic carbocycles. The number of rotatable bonds is 4. The van der Waals surface area contributed by atoms with E-state index in [0.29, 0.717) is 0 Å². The van der Waals surface area contributed by atoms with Crippen molar-refractivity contribution in [1.82, 2.24) is 9.80 Å². The van der Waals surface area contributed by atoms with Crippen LogP contribution in [0.3, 0.4) is 0 Å². The van der Waals surface area contributed by atoms with Crippen molar-refractivity contribution in [3.63, 3.8) is 0 Å². The van der Waals surface area contributed by atoms with E-state index in [9.17, 15) is 4.79 Å². The molecule has 1 aromatic carbocycles. The Labute approximate surface area is 145 Å². The Balaban J connectivity index is 1.42. The van der Waals surface area contributed by atoms with Gasteiger partial charge in [0.1, 0.15) is 5.75 Å². The van der Waals surface area contributed by atoms with Gasteiger partial charge in [-0.15, -0.1) is 0 Å². The minimum absolute atomic E-state index is 0.107. The molecule has 1 aromatic rings. The molecule has 2 fully saturated rings. The molecule has 0 spiro atoms. The summed E-state index contributed by atoms with van der Waals surface area (Å²) in [6.45, 7) is 5.90. The molecule has 1 saturated heterocycles. The normalized spacial score (nSPS) is 20.6. The molecule has 3 rings (SSSR count). The number of hydrogen-bond donors (Lipinski definition) is 0. The minimum atomic E-state index is 0.107. The third-order valence-corrected chi connectivity index (χ3v) is 5.39. The highest BCUT2D eigenvalue weighted by Gasteiger charge is 2.26. The SMILES string of the molecule is Cc1ccc(OCC(=O)N2CCN(C3CCCCCC3)CC2)cc1. The molecule has 2 aliphatic rings. The van der Waals surface area contributed by atoms with E-state index in [-0.39, 0.29) is 12.5 Å². The zero-order valence-corrected chi connectivity index (χ0v) is 14.9. The van der Waals surface area contributed by atoms with E-state index in [1.807, 2.05) is 36.1 Å². The Hall–Kier alpha value is -1.55. The first-order valence-electron chi connectivity index (χ1n) is 9.44. The molecular weight excluding hydrogens is 300 g/mol. The van der Waals surface area contributed by atoms with Crippen LogP contribution in [0, 0.1) is 6.92 Å². The predicted molar refractivity (Wildman–Crippen MR) is 96.3 cm³/mol. The topological polar surface area (TPSA) is 32.8 Å². The maximum absolute atomic E-state index is 12.4. The number of nitrogens with zero attached hydrogens (tertiary/aromatic N) is 2. The molecular formula is C20H30N2O2. The predicted octanol–water partition coefficient (Wildman–Crippen LogP) is 3.24. The lowest BCUT2D eigenvalue weighted by Gasteiger charge is -2.39. The van der Waals surface area contributed by atoms with Gasteiger partial charge in [-0.1, -0.05) is 43.4 Å². The number of carbonyl (C=O) groups excluding carboxylic acids is 1. The molecule has 1 aliphatic heterocycles. The molecule has 1 saturated carbocycles. The highest BCUT2D eigenvalue weighted by atomic mass is 16.5. The number of aryl methyl sites for hydroxylation is 1. The average molecular weight is 330 g/mol. The van der Waals surface area contributed by atoms with Crippen molar-refractivity contribution in [2.45, 2.75) is 51.5 Å². The summed E-state index contributed by atoms with van der Waals surface area (Å²) in [6, 6.07) is 8.60. The summed E-state index contributed by atoms with van der Waals surface area (Å²) in [5.41, 5.74) is 1.20. The highest BCUT2D eigenvalue weighted by Crippen LogP contribution is 2.23. The molecule has 24 heavy (non-hydrogen) atoms. The highest BCUT2D eigenvalue weighted by molar-refractivity contribution is 5.77. The number of ether oxygens (including phenoxy) is 1. The quantitative estimate of drug-likeness (QED) is 0.795. The van der Waals surface area contributed by atoms with Crippen LogP contribution in [-0.4, -0.2) is 54.5 Å². The van der Waals surface area contributed by atoms with Gasteiger partial charge < -0.3 is 9.64 Å². The van der Waals surface area contributed by atoms with Gasteiger partial charge in [-0.3, -0.25) is 9.69 Å². The van der Waals surface area contributed by atoms with Crippen molar-refractivity contribution in [3.05, 3.63) is 29.8 Å². The Morgan fingerprint density at radius 1 is 1.00 bits per heavy atom. The van der Waals surface area contributed by atoms with Gasteiger partial charge in [0.25, 0.3) is 5.91 Å². The van der Waals surface area contributed by atoms with Crippen molar-refractivity contribution < 1.29 is 9.53 Å². The molecule has 0 atom stereocenters. The lowest BCUT2D eigenvalue weighted by atomic mass is 10.1. The summed E-state index contributed by atoms with van der Waals surface area (Å²) in [4.78, 5) is 16.9. The Morgan fingerprint density at radius 2 is 1.62 bits per heavy atom. The second kappa shape index (κ2) is 8.52. The zero-order chi connectivity index (χ0) is 16.8. The summed E-state index contributed by atoms with van der Waals surface area (Å²) in [5.74, 6) is 0.877. The molecule has 1 heterocycles. The lowest BCUT2D eigenvalue weighted by molar-refractivity contribution is -0.135. The second-order valence-corrected chi connectivity index (χ2v) is 7.16. The van der Waals surface area contributed by atoms with Crippen LogP contribution in [0.4, 0.5) is 0 Å². The summed E-state index contributed by atoms with van der Waals surface area (Å²) >= 11 is 0. The van der Waals surface area contributed by atoms with Crippen molar-refractivity contribution in [1.29, 1.82) is 0 Å². The Morgan fingerprint density at radius 3 is 2.25 bits per heavy atom. The largest absolute Gasteiger partial charge is 0.484 e. The summed E-state index contributed by atoms with van der Waals surface area (Å²) < 4.78 is 5.63. The fraction of sp³-hybridized carbons (Fsp3) is 0.650. The molecule has 4 heteroatoms. The summed E-state index contributed by atoms with van der Waals surface area (Å²) in [7, 11) is 0.